The number of hydrogen-bond donors (Lipinski definition) is 0. The molecule has 1 fully saturated rings. The number of likely N-dealkylation sites (tertiary alicyclic amines) is 1. The van der Waals surface area contributed by atoms with E-state index < -0.39 is 0 Å². The summed E-state index contributed by atoms with van der Waals surface area (Å²) >= 11 is 0. The number of esters is 1. The lowest BCUT2D eigenvalue weighted by atomic mass is 10.00. The minimum absolute atomic E-state index is 0.0137. The van der Waals surface area contributed by atoms with Crippen LogP contribution in [0.2, 0.25) is 0 Å². The molecule has 0 aromatic heterocycles. The van der Waals surface area contributed by atoms with Gasteiger partial charge in [0.1, 0.15) is 6.04 Å². The molecule has 0 unspecified atom stereocenters. The summed E-state index contributed by atoms with van der Waals surface area (Å²) in [7, 11) is 0. The van der Waals surface area contributed by atoms with E-state index in [0.29, 0.717) is 12.5 Å². The van der Waals surface area contributed by atoms with Gasteiger partial charge < -0.3 is 4.74 Å². The van der Waals surface area contributed by atoms with E-state index in [4.69, 9.17) is 4.74 Å². The van der Waals surface area contributed by atoms with Crippen LogP contribution in [0.1, 0.15) is 46.5 Å². The lowest BCUT2D eigenvalue weighted by molar-refractivity contribution is -0.150. The van der Waals surface area contributed by atoms with Crippen molar-refractivity contribution < 1.29 is 9.53 Å². The molecule has 1 heterocycles. The summed E-state index contributed by atoms with van der Waals surface area (Å²) in [5.41, 5.74) is 0. The average molecular weight is 227 g/mol. The second-order valence-electron chi connectivity index (χ2n) is 4.99. The van der Waals surface area contributed by atoms with Gasteiger partial charge in [-0.2, -0.15) is 0 Å². The molecule has 1 rings (SSSR count). The molecule has 0 bridgehead atoms. The van der Waals surface area contributed by atoms with E-state index in [0.717, 1.165) is 19.5 Å². The molecule has 0 N–H and O–H groups in total. The van der Waals surface area contributed by atoms with E-state index in [2.05, 4.69) is 18.7 Å². The van der Waals surface area contributed by atoms with Gasteiger partial charge in [0.15, 0.2) is 0 Å². The van der Waals surface area contributed by atoms with Crippen molar-refractivity contribution in [3.8, 4) is 0 Å². The number of carbonyl (C=O) groups is 1. The Morgan fingerprint density at radius 1 is 1.25 bits per heavy atom. The topological polar surface area (TPSA) is 29.5 Å². The highest BCUT2D eigenvalue weighted by Gasteiger charge is 2.28. The van der Waals surface area contributed by atoms with Crippen molar-refractivity contribution in [3.63, 3.8) is 0 Å². The fourth-order valence-electron chi connectivity index (χ4n) is 2.31. The monoisotopic (exact) mass is 227 g/mol. The molecular formula is C13H25NO2. The fraction of sp³-hybridized carbons (Fsp3) is 0.923. The molecule has 0 radical (unpaired) electrons. The number of carbonyl (C=O) groups excluding carboxylic acids is 1. The highest BCUT2D eigenvalue weighted by molar-refractivity contribution is 5.75. The van der Waals surface area contributed by atoms with E-state index in [9.17, 15) is 4.79 Å². The van der Waals surface area contributed by atoms with Gasteiger partial charge in [0.05, 0.1) is 6.61 Å². The van der Waals surface area contributed by atoms with Crippen LogP contribution in [0.4, 0.5) is 0 Å². The van der Waals surface area contributed by atoms with Gasteiger partial charge in [-0.25, -0.2) is 0 Å². The third-order valence-corrected chi connectivity index (χ3v) is 3.08. The summed E-state index contributed by atoms with van der Waals surface area (Å²) in [5, 5.41) is 0. The quantitative estimate of drug-likeness (QED) is 0.676. The standard InChI is InChI=1S/C13H25NO2/c1-4-16-13(15)12(10-11(2)3)14-8-6-5-7-9-14/h11-12H,4-10H2,1-3H3/t12-/m1/s1. The van der Waals surface area contributed by atoms with Gasteiger partial charge >= 0.3 is 5.97 Å². The minimum Gasteiger partial charge on any atom is -0.465 e. The fourth-order valence-corrected chi connectivity index (χ4v) is 2.31. The van der Waals surface area contributed by atoms with Crippen LogP contribution in [0.15, 0.2) is 0 Å². The maximum Gasteiger partial charge on any atom is 0.323 e. The molecule has 0 saturated carbocycles. The molecule has 1 aliphatic rings. The van der Waals surface area contributed by atoms with Crippen molar-refractivity contribution in [1.29, 1.82) is 0 Å². The number of rotatable bonds is 5. The van der Waals surface area contributed by atoms with E-state index in [1.807, 2.05) is 6.92 Å². The normalized spacial score (nSPS) is 19.8. The molecule has 3 heteroatoms. The largest absolute Gasteiger partial charge is 0.465 e. The predicted octanol–water partition coefficient (Wildman–Crippen LogP) is 2.45. The first-order chi connectivity index (χ1) is 7.65. The molecular weight excluding hydrogens is 202 g/mol. The summed E-state index contributed by atoms with van der Waals surface area (Å²) in [5.74, 6) is 0.509. The molecule has 0 spiro atoms. The van der Waals surface area contributed by atoms with Gasteiger partial charge in [0.25, 0.3) is 0 Å². The highest BCUT2D eigenvalue weighted by Crippen LogP contribution is 2.18. The lowest BCUT2D eigenvalue weighted by Crippen LogP contribution is -2.45. The van der Waals surface area contributed by atoms with Crippen LogP contribution >= 0.6 is 0 Å². The van der Waals surface area contributed by atoms with Crippen LogP contribution in [0.5, 0.6) is 0 Å². The van der Waals surface area contributed by atoms with Crippen molar-refractivity contribution >= 4 is 5.97 Å². The van der Waals surface area contributed by atoms with Gasteiger partial charge in [0, 0.05) is 0 Å². The van der Waals surface area contributed by atoms with Gasteiger partial charge in [-0.15, -0.1) is 0 Å². The molecule has 16 heavy (non-hydrogen) atoms. The second-order valence-corrected chi connectivity index (χ2v) is 4.99. The van der Waals surface area contributed by atoms with Crippen LogP contribution < -0.4 is 0 Å². The first-order valence-electron chi connectivity index (χ1n) is 6.55. The van der Waals surface area contributed by atoms with E-state index >= 15 is 0 Å². The average Bonchev–Trinajstić information content (AvgIpc) is 2.27. The zero-order valence-electron chi connectivity index (χ0n) is 10.9. The highest BCUT2D eigenvalue weighted by atomic mass is 16.5. The van der Waals surface area contributed by atoms with Crippen LogP contribution in [0, 0.1) is 5.92 Å². The SMILES string of the molecule is CCOC(=O)[C@@H](CC(C)C)N1CCCCC1. The Morgan fingerprint density at radius 3 is 2.38 bits per heavy atom. The smallest absolute Gasteiger partial charge is 0.323 e. The summed E-state index contributed by atoms with van der Waals surface area (Å²) in [6.07, 6.45) is 4.65. The summed E-state index contributed by atoms with van der Waals surface area (Å²) in [6.45, 7) is 8.79. The number of ether oxygens (including phenoxy) is 1. The maximum absolute atomic E-state index is 11.9. The molecule has 0 aromatic carbocycles. The third kappa shape index (κ3) is 4.12. The Hall–Kier alpha value is -0.570. The van der Waals surface area contributed by atoms with E-state index in [1.54, 1.807) is 0 Å². The molecule has 3 nitrogen and oxygen atoms in total. The Bertz CT molecular complexity index is 210. The van der Waals surface area contributed by atoms with Crippen molar-refractivity contribution in [2.45, 2.75) is 52.5 Å². The Morgan fingerprint density at radius 2 is 1.88 bits per heavy atom. The molecule has 1 atom stereocenters. The van der Waals surface area contributed by atoms with Gasteiger partial charge in [-0.3, -0.25) is 9.69 Å². The van der Waals surface area contributed by atoms with Gasteiger partial charge in [0.2, 0.25) is 0 Å². The predicted molar refractivity (Wildman–Crippen MR) is 65.3 cm³/mol. The van der Waals surface area contributed by atoms with Gasteiger partial charge in [-0.05, 0) is 45.2 Å². The lowest BCUT2D eigenvalue weighted by Gasteiger charge is -2.33. The van der Waals surface area contributed by atoms with Crippen LogP contribution in [0.3, 0.4) is 0 Å². The zero-order valence-corrected chi connectivity index (χ0v) is 10.9. The second kappa shape index (κ2) is 6.89. The minimum atomic E-state index is -0.0295. The van der Waals surface area contributed by atoms with Crippen LogP contribution in [-0.4, -0.2) is 36.6 Å². The van der Waals surface area contributed by atoms with Crippen LogP contribution in [-0.2, 0) is 9.53 Å². The number of hydrogen-bond acceptors (Lipinski definition) is 3. The first-order valence-corrected chi connectivity index (χ1v) is 6.55. The Labute approximate surface area is 99.1 Å². The summed E-state index contributed by atoms with van der Waals surface area (Å²) in [6, 6.07) is -0.0137. The molecule has 94 valence electrons. The van der Waals surface area contributed by atoms with Gasteiger partial charge in [-0.1, -0.05) is 20.3 Å². The first kappa shape index (κ1) is 13.5. The zero-order chi connectivity index (χ0) is 12.0. The van der Waals surface area contributed by atoms with Crippen LogP contribution in [0.25, 0.3) is 0 Å². The van der Waals surface area contributed by atoms with Crippen molar-refractivity contribution in [2.75, 3.05) is 19.7 Å². The van der Waals surface area contributed by atoms with E-state index in [-0.39, 0.29) is 12.0 Å². The molecule has 0 aromatic rings. The van der Waals surface area contributed by atoms with Crippen molar-refractivity contribution in [1.82, 2.24) is 4.90 Å². The van der Waals surface area contributed by atoms with Crippen molar-refractivity contribution in [2.24, 2.45) is 5.92 Å². The third-order valence-electron chi connectivity index (χ3n) is 3.08. The number of piperidine rings is 1. The Kier molecular flexibility index (Phi) is 5.81. The summed E-state index contributed by atoms with van der Waals surface area (Å²) < 4.78 is 5.18. The maximum atomic E-state index is 11.9. The molecule has 1 saturated heterocycles. The molecule has 0 amide bonds. The summed E-state index contributed by atoms with van der Waals surface area (Å²) in [4.78, 5) is 14.2. The molecule has 1 aliphatic heterocycles. The van der Waals surface area contributed by atoms with Crippen molar-refractivity contribution in [3.05, 3.63) is 0 Å². The number of nitrogens with zero attached hydrogens (tertiary/aromatic N) is 1. The van der Waals surface area contributed by atoms with E-state index in [1.165, 1.54) is 19.3 Å². The molecule has 0 aliphatic carbocycles. The Balaban J connectivity index is 2.57.